The van der Waals surface area contributed by atoms with Crippen molar-refractivity contribution in [3.05, 3.63) is 42.0 Å². The molecule has 2 atom stereocenters. The molecule has 4 N–H and O–H groups in total. The number of amides is 2. The molecule has 1 aromatic carbocycles. The lowest BCUT2D eigenvalue weighted by molar-refractivity contribution is -0.140. The minimum atomic E-state index is -0.427. The van der Waals surface area contributed by atoms with E-state index in [1.807, 2.05) is 12.2 Å². The van der Waals surface area contributed by atoms with Crippen LogP contribution in [0.5, 0.6) is 0 Å². The highest BCUT2D eigenvalue weighted by molar-refractivity contribution is 6.00. The van der Waals surface area contributed by atoms with Crippen LogP contribution in [-0.4, -0.2) is 37.0 Å². The number of rotatable bonds is 7. The number of benzene rings is 1. The second-order valence-corrected chi connectivity index (χ2v) is 5.74. The molecule has 7 heteroatoms. The first-order valence-electron chi connectivity index (χ1n) is 8.26. The van der Waals surface area contributed by atoms with E-state index in [-0.39, 0.29) is 18.5 Å². The molecular weight excluding hydrogens is 322 g/mol. The number of nitrogens with one attached hydrogen (secondary N) is 2. The van der Waals surface area contributed by atoms with Crippen molar-refractivity contribution in [2.45, 2.75) is 25.8 Å². The number of carbonyl (C=O) groups excluding carboxylic acids is 3. The number of hydrogen-bond acceptors (Lipinski definition) is 5. The summed E-state index contributed by atoms with van der Waals surface area (Å²) in [6.45, 7) is 1.99. The van der Waals surface area contributed by atoms with Crippen molar-refractivity contribution in [1.82, 2.24) is 5.32 Å². The number of carbonyl (C=O) groups is 3. The van der Waals surface area contributed by atoms with Crippen LogP contribution in [0.2, 0.25) is 0 Å². The molecule has 1 aromatic rings. The normalized spacial score (nSPS) is 19.1. The Bertz CT molecular complexity index is 672. The Morgan fingerprint density at radius 1 is 1.20 bits per heavy atom. The van der Waals surface area contributed by atoms with Crippen molar-refractivity contribution in [2.24, 2.45) is 11.7 Å². The molecule has 0 aromatic heterocycles. The molecule has 1 aliphatic carbocycles. The molecule has 134 valence electrons. The number of nitrogens with two attached hydrogens (primary N) is 1. The van der Waals surface area contributed by atoms with Crippen LogP contribution in [0.15, 0.2) is 36.4 Å². The van der Waals surface area contributed by atoms with Crippen molar-refractivity contribution in [1.29, 1.82) is 0 Å². The number of hydrogen-bond donors (Lipinski definition) is 3. The van der Waals surface area contributed by atoms with Crippen LogP contribution in [0.4, 0.5) is 5.69 Å². The molecule has 0 unspecified atom stereocenters. The summed E-state index contributed by atoms with van der Waals surface area (Å²) in [5.74, 6) is -1.57. The van der Waals surface area contributed by atoms with E-state index in [9.17, 15) is 14.4 Å². The predicted octanol–water partition coefficient (Wildman–Crippen LogP) is 1.21. The highest BCUT2D eigenvalue weighted by atomic mass is 16.5. The van der Waals surface area contributed by atoms with Gasteiger partial charge in [-0.2, -0.15) is 0 Å². The maximum absolute atomic E-state index is 12.6. The Balaban J connectivity index is 2.07. The van der Waals surface area contributed by atoms with E-state index < -0.39 is 17.8 Å². The van der Waals surface area contributed by atoms with Crippen LogP contribution in [0.25, 0.3) is 0 Å². The maximum Gasteiger partial charge on any atom is 0.325 e. The van der Waals surface area contributed by atoms with Gasteiger partial charge in [0.2, 0.25) is 5.91 Å². The maximum atomic E-state index is 12.6. The van der Waals surface area contributed by atoms with Gasteiger partial charge in [0.25, 0.3) is 5.91 Å². The second kappa shape index (κ2) is 8.86. The van der Waals surface area contributed by atoms with Crippen molar-refractivity contribution >= 4 is 23.5 Å². The zero-order valence-electron chi connectivity index (χ0n) is 14.2. The third kappa shape index (κ3) is 5.07. The molecule has 25 heavy (non-hydrogen) atoms. The van der Waals surface area contributed by atoms with Crippen LogP contribution in [0.3, 0.4) is 0 Å². The number of para-hydroxylation sites is 1. The van der Waals surface area contributed by atoms with Crippen LogP contribution in [-0.2, 0) is 14.3 Å². The highest BCUT2D eigenvalue weighted by Crippen LogP contribution is 2.21. The first-order chi connectivity index (χ1) is 12.0. The smallest absolute Gasteiger partial charge is 0.325 e. The predicted molar refractivity (Wildman–Crippen MR) is 93.9 cm³/mol. The first kappa shape index (κ1) is 18.5. The summed E-state index contributed by atoms with van der Waals surface area (Å²) in [5, 5.41) is 5.78. The Morgan fingerprint density at radius 3 is 2.64 bits per heavy atom. The summed E-state index contributed by atoms with van der Waals surface area (Å²) in [7, 11) is 0. The molecule has 0 aliphatic heterocycles. The van der Waals surface area contributed by atoms with Gasteiger partial charge in [-0.05, 0) is 31.9 Å². The summed E-state index contributed by atoms with van der Waals surface area (Å²) in [4.78, 5) is 35.7. The van der Waals surface area contributed by atoms with E-state index >= 15 is 0 Å². The Kier molecular flexibility index (Phi) is 6.56. The van der Waals surface area contributed by atoms with Crippen molar-refractivity contribution in [3.63, 3.8) is 0 Å². The summed E-state index contributed by atoms with van der Waals surface area (Å²) >= 11 is 0. The Hall–Kier alpha value is -2.83. The molecule has 0 radical (unpaired) electrons. The molecule has 0 saturated carbocycles. The van der Waals surface area contributed by atoms with Crippen molar-refractivity contribution in [3.8, 4) is 0 Å². The zero-order chi connectivity index (χ0) is 18.2. The first-order valence-corrected chi connectivity index (χ1v) is 8.26. The van der Waals surface area contributed by atoms with E-state index in [1.165, 1.54) is 0 Å². The fourth-order valence-corrected chi connectivity index (χ4v) is 2.75. The van der Waals surface area contributed by atoms with Crippen LogP contribution >= 0.6 is 0 Å². The zero-order valence-corrected chi connectivity index (χ0v) is 14.2. The molecule has 2 amide bonds. The number of esters is 1. The molecule has 0 fully saturated rings. The molecule has 0 saturated heterocycles. The van der Waals surface area contributed by atoms with Crippen molar-refractivity contribution < 1.29 is 19.1 Å². The van der Waals surface area contributed by atoms with Gasteiger partial charge in [-0.25, -0.2) is 0 Å². The van der Waals surface area contributed by atoms with E-state index in [4.69, 9.17) is 10.5 Å². The van der Waals surface area contributed by atoms with Crippen molar-refractivity contribution in [2.75, 3.05) is 18.5 Å². The molecule has 0 bridgehead atoms. The van der Waals surface area contributed by atoms with Gasteiger partial charge in [-0.3, -0.25) is 14.4 Å². The van der Waals surface area contributed by atoms with E-state index in [0.717, 1.165) is 0 Å². The summed E-state index contributed by atoms with van der Waals surface area (Å²) in [6.07, 6.45) is 4.89. The Labute approximate surface area is 146 Å². The van der Waals surface area contributed by atoms with Gasteiger partial charge in [-0.15, -0.1) is 0 Å². The standard InChI is InChI=1S/C18H23N3O4/c1-2-25-16(22)11-20-14-9-5-4-8-13(14)18(24)21-15-10-6-3-7-12(15)17(19)23/h3-6,8-9,12,15,20H,2,7,10-11H2,1H3,(H2,19,23)(H,21,24)/t12-,15+/m1/s1. The molecule has 2 rings (SSSR count). The van der Waals surface area contributed by atoms with E-state index in [1.54, 1.807) is 31.2 Å². The van der Waals surface area contributed by atoms with Gasteiger partial charge < -0.3 is 21.1 Å². The van der Waals surface area contributed by atoms with Crippen LogP contribution in [0, 0.1) is 5.92 Å². The molecule has 7 nitrogen and oxygen atoms in total. The van der Waals surface area contributed by atoms with Gasteiger partial charge in [-0.1, -0.05) is 24.3 Å². The quantitative estimate of drug-likeness (QED) is 0.508. The number of primary amides is 1. The van der Waals surface area contributed by atoms with Gasteiger partial charge in [0.05, 0.1) is 18.1 Å². The fourth-order valence-electron chi connectivity index (χ4n) is 2.75. The number of ether oxygens (including phenoxy) is 1. The summed E-state index contributed by atoms with van der Waals surface area (Å²) in [5.41, 5.74) is 6.34. The second-order valence-electron chi connectivity index (χ2n) is 5.74. The van der Waals surface area contributed by atoms with Crippen LogP contribution in [0.1, 0.15) is 30.1 Å². The largest absolute Gasteiger partial charge is 0.465 e. The summed E-state index contributed by atoms with van der Waals surface area (Å²) in [6, 6.07) is 6.52. The van der Waals surface area contributed by atoms with E-state index in [2.05, 4.69) is 10.6 Å². The molecular formula is C18H23N3O4. The minimum Gasteiger partial charge on any atom is -0.465 e. The van der Waals surface area contributed by atoms with Crippen LogP contribution < -0.4 is 16.4 Å². The average molecular weight is 345 g/mol. The summed E-state index contributed by atoms with van der Waals surface area (Å²) < 4.78 is 4.86. The Morgan fingerprint density at radius 2 is 1.92 bits per heavy atom. The topological polar surface area (TPSA) is 111 Å². The third-order valence-corrected chi connectivity index (χ3v) is 4.01. The van der Waals surface area contributed by atoms with E-state index in [0.29, 0.717) is 30.7 Å². The molecule has 0 heterocycles. The average Bonchev–Trinajstić information content (AvgIpc) is 2.60. The molecule has 1 aliphatic rings. The number of allylic oxidation sites excluding steroid dienone is 1. The lowest BCUT2D eigenvalue weighted by Gasteiger charge is -2.27. The SMILES string of the molecule is CCOC(=O)CNc1ccccc1C(=O)N[C@H]1CC=CC[C@H]1C(N)=O. The molecule has 0 spiro atoms. The lowest BCUT2D eigenvalue weighted by Crippen LogP contribution is -2.46. The van der Waals surface area contributed by atoms with Gasteiger partial charge in [0, 0.05) is 11.7 Å². The lowest BCUT2D eigenvalue weighted by atomic mass is 9.88. The number of anilines is 1. The monoisotopic (exact) mass is 345 g/mol. The van der Waals surface area contributed by atoms with Gasteiger partial charge >= 0.3 is 5.97 Å². The van der Waals surface area contributed by atoms with Gasteiger partial charge in [0.1, 0.15) is 6.54 Å². The fraction of sp³-hybridized carbons (Fsp3) is 0.389. The third-order valence-electron chi connectivity index (χ3n) is 4.01. The minimum absolute atomic E-state index is 0.0335. The van der Waals surface area contributed by atoms with Gasteiger partial charge in [0.15, 0.2) is 0 Å². The highest BCUT2D eigenvalue weighted by Gasteiger charge is 2.29.